The van der Waals surface area contributed by atoms with Crippen LogP contribution in [0.4, 0.5) is 0 Å². The van der Waals surface area contributed by atoms with Crippen molar-refractivity contribution in [1.29, 1.82) is 0 Å². The summed E-state index contributed by atoms with van der Waals surface area (Å²) in [7, 11) is -2.55. The minimum Gasteiger partial charge on any atom is -0.352 e. The predicted octanol–water partition coefficient (Wildman–Crippen LogP) is 4.55. The Balaban J connectivity index is 1.84. The van der Waals surface area contributed by atoms with Gasteiger partial charge < -0.3 is 10.2 Å². The molecule has 0 aliphatic carbocycles. The molecule has 0 unspecified atom stereocenters. The van der Waals surface area contributed by atoms with Gasteiger partial charge in [-0.3, -0.25) is 9.59 Å². The fraction of sp³-hybridized carbons (Fsp3) is 0.333. The van der Waals surface area contributed by atoms with Crippen molar-refractivity contribution in [2.45, 2.75) is 50.7 Å². The number of fused-ring (bicyclic) bond motifs is 1. The highest BCUT2D eigenvalue weighted by Gasteiger charge is 2.30. The molecule has 9 heteroatoms. The minimum atomic E-state index is -3.93. The van der Waals surface area contributed by atoms with Crippen molar-refractivity contribution in [1.82, 2.24) is 14.5 Å². The molecule has 2 amide bonds. The van der Waals surface area contributed by atoms with Gasteiger partial charge in [0.2, 0.25) is 21.8 Å². The second-order valence-corrected chi connectivity index (χ2v) is 11.9. The standard InChI is InChI=1S/C27H32BrN3O4S/c1-5-19(2)29-27(33)20(3)31(17-21-10-13-24(28)14-11-21)26(32)18-30(4)36(34,35)25-15-12-22-8-6-7-9-23(22)16-25/h6-16,19-20H,5,17-18H2,1-4H3,(H,29,33)/t19-,20-/m0/s1. The molecule has 36 heavy (non-hydrogen) atoms. The van der Waals surface area contributed by atoms with Crippen LogP contribution in [0.2, 0.25) is 0 Å². The zero-order valence-corrected chi connectivity index (χ0v) is 23.3. The van der Waals surface area contributed by atoms with Crippen LogP contribution in [0.5, 0.6) is 0 Å². The molecule has 0 saturated carbocycles. The van der Waals surface area contributed by atoms with Gasteiger partial charge in [-0.15, -0.1) is 0 Å². The van der Waals surface area contributed by atoms with E-state index in [0.29, 0.717) is 0 Å². The van der Waals surface area contributed by atoms with Crippen molar-refractivity contribution in [3.05, 3.63) is 76.8 Å². The van der Waals surface area contributed by atoms with Crippen molar-refractivity contribution in [3.8, 4) is 0 Å². The summed E-state index contributed by atoms with van der Waals surface area (Å²) in [6.07, 6.45) is 0.756. The summed E-state index contributed by atoms with van der Waals surface area (Å²) in [5, 5.41) is 4.64. The Hall–Kier alpha value is -2.75. The van der Waals surface area contributed by atoms with Gasteiger partial charge in [0.05, 0.1) is 11.4 Å². The molecule has 0 aliphatic rings. The minimum absolute atomic E-state index is 0.0412. The first-order valence-corrected chi connectivity index (χ1v) is 14.1. The molecule has 0 saturated heterocycles. The lowest BCUT2D eigenvalue weighted by Crippen LogP contribution is -2.51. The Kier molecular flexibility index (Phi) is 9.27. The number of likely N-dealkylation sites (N-methyl/N-ethyl adjacent to an activating group) is 1. The molecule has 0 aliphatic heterocycles. The first-order chi connectivity index (χ1) is 17.0. The number of amides is 2. The first-order valence-electron chi connectivity index (χ1n) is 11.8. The average Bonchev–Trinajstić information content (AvgIpc) is 2.87. The molecule has 1 N–H and O–H groups in total. The lowest BCUT2D eigenvalue weighted by atomic mass is 10.1. The third kappa shape index (κ3) is 6.72. The van der Waals surface area contributed by atoms with E-state index in [0.717, 1.165) is 31.5 Å². The maximum atomic E-state index is 13.4. The fourth-order valence-corrected chi connectivity index (χ4v) is 5.13. The Morgan fingerprint density at radius 2 is 1.61 bits per heavy atom. The Morgan fingerprint density at radius 1 is 0.972 bits per heavy atom. The van der Waals surface area contributed by atoms with E-state index in [1.165, 1.54) is 11.9 Å². The number of benzene rings is 3. The molecule has 0 aromatic heterocycles. The smallest absolute Gasteiger partial charge is 0.243 e. The van der Waals surface area contributed by atoms with Gasteiger partial charge in [-0.25, -0.2) is 8.42 Å². The summed E-state index contributed by atoms with van der Waals surface area (Å²) >= 11 is 3.40. The first kappa shape index (κ1) is 27.8. The topological polar surface area (TPSA) is 86.8 Å². The number of hydrogen-bond donors (Lipinski definition) is 1. The number of carbonyl (C=O) groups is 2. The third-order valence-electron chi connectivity index (χ3n) is 6.22. The number of halogens is 1. The number of sulfonamides is 1. The molecule has 3 rings (SSSR count). The van der Waals surface area contributed by atoms with Gasteiger partial charge in [0.1, 0.15) is 6.04 Å². The number of hydrogen-bond acceptors (Lipinski definition) is 4. The summed E-state index contributed by atoms with van der Waals surface area (Å²) < 4.78 is 28.5. The largest absolute Gasteiger partial charge is 0.352 e. The molecule has 0 spiro atoms. The molecule has 3 aromatic rings. The third-order valence-corrected chi connectivity index (χ3v) is 8.55. The summed E-state index contributed by atoms with van der Waals surface area (Å²) in [6, 6.07) is 19.0. The SMILES string of the molecule is CC[C@H](C)NC(=O)[C@H](C)N(Cc1ccc(Br)cc1)C(=O)CN(C)S(=O)(=O)c1ccc2ccccc2c1. The van der Waals surface area contributed by atoms with Gasteiger partial charge in [0.25, 0.3) is 0 Å². The number of nitrogens with zero attached hydrogens (tertiary/aromatic N) is 2. The molecule has 0 fully saturated rings. The second-order valence-electron chi connectivity index (χ2n) is 8.91. The quantitative estimate of drug-likeness (QED) is 0.385. The van der Waals surface area contributed by atoms with E-state index >= 15 is 0 Å². The zero-order valence-electron chi connectivity index (χ0n) is 20.9. The van der Waals surface area contributed by atoms with E-state index in [9.17, 15) is 18.0 Å². The molecule has 2 atom stereocenters. The Bertz CT molecular complexity index is 1330. The second kappa shape index (κ2) is 12.0. The van der Waals surface area contributed by atoms with Crippen LogP contribution >= 0.6 is 15.9 Å². The van der Waals surface area contributed by atoms with Crippen molar-refractivity contribution in [2.24, 2.45) is 0 Å². The van der Waals surface area contributed by atoms with Gasteiger partial charge in [-0.05, 0) is 60.9 Å². The number of carbonyl (C=O) groups excluding carboxylic acids is 2. The normalized spacial score (nSPS) is 13.4. The van der Waals surface area contributed by atoms with Gasteiger partial charge in [-0.2, -0.15) is 4.31 Å². The molecule has 0 radical (unpaired) electrons. The number of nitrogens with one attached hydrogen (secondary N) is 1. The molecular formula is C27H32BrN3O4S. The monoisotopic (exact) mass is 573 g/mol. The van der Waals surface area contributed by atoms with Crippen molar-refractivity contribution < 1.29 is 18.0 Å². The van der Waals surface area contributed by atoms with Crippen LogP contribution in [-0.4, -0.2) is 55.1 Å². The van der Waals surface area contributed by atoms with Crippen LogP contribution in [0.1, 0.15) is 32.8 Å². The maximum absolute atomic E-state index is 13.4. The summed E-state index contributed by atoms with van der Waals surface area (Å²) in [4.78, 5) is 27.9. The van der Waals surface area contributed by atoms with Crippen LogP contribution in [-0.2, 0) is 26.2 Å². The molecule has 0 bridgehead atoms. The highest BCUT2D eigenvalue weighted by atomic mass is 79.9. The van der Waals surface area contributed by atoms with Gasteiger partial charge >= 0.3 is 0 Å². The van der Waals surface area contributed by atoms with Crippen LogP contribution in [0.3, 0.4) is 0 Å². The molecule has 3 aromatic carbocycles. The lowest BCUT2D eigenvalue weighted by Gasteiger charge is -2.31. The molecule has 192 valence electrons. The zero-order chi connectivity index (χ0) is 26.5. The van der Waals surface area contributed by atoms with Crippen molar-refractivity contribution in [3.63, 3.8) is 0 Å². The van der Waals surface area contributed by atoms with Crippen LogP contribution in [0, 0.1) is 0 Å². The Morgan fingerprint density at radius 3 is 2.25 bits per heavy atom. The maximum Gasteiger partial charge on any atom is 0.243 e. The van der Waals surface area contributed by atoms with Gasteiger partial charge in [0, 0.05) is 24.1 Å². The lowest BCUT2D eigenvalue weighted by molar-refractivity contribution is -0.140. The van der Waals surface area contributed by atoms with E-state index in [4.69, 9.17) is 0 Å². The van der Waals surface area contributed by atoms with E-state index in [1.54, 1.807) is 25.1 Å². The number of rotatable bonds is 10. The van der Waals surface area contributed by atoms with Crippen LogP contribution in [0.15, 0.2) is 76.1 Å². The van der Waals surface area contributed by atoms with Crippen molar-refractivity contribution in [2.75, 3.05) is 13.6 Å². The highest BCUT2D eigenvalue weighted by molar-refractivity contribution is 9.10. The van der Waals surface area contributed by atoms with E-state index < -0.39 is 28.5 Å². The summed E-state index contributed by atoms with van der Waals surface area (Å²) in [6.45, 7) is 5.30. The summed E-state index contributed by atoms with van der Waals surface area (Å²) in [5.74, 6) is -0.744. The molecule has 0 heterocycles. The highest BCUT2D eigenvalue weighted by Crippen LogP contribution is 2.22. The van der Waals surface area contributed by atoms with Crippen molar-refractivity contribution >= 4 is 48.5 Å². The van der Waals surface area contributed by atoms with E-state index in [2.05, 4.69) is 21.2 Å². The van der Waals surface area contributed by atoms with Gasteiger partial charge in [0.15, 0.2) is 0 Å². The molecular weight excluding hydrogens is 542 g/mol. The van der Waals surface area contributed by atoms with Gasteiger partial charge in [-0.1, -0.05) is 65.3 Å². The average molecular weight is 575 g/mol. The van der Waals surface area contributed by atoms with Crippen LogP contribution < -0.4 is 5.32 Å². The predicted molar refractivity (Wildman–Crippen MR) is 146 cm³/mol. The fourth-order valence-electron chi connectivity index (χ4n) is 3.71. The molecule has 7 nitrogen and oxygen atoms in total. The van der Waals surface area contributed by atoms with E-state index in [-0.39, 0.29) is 23.4 Å². The Labute approximate surface area is 221 Å². The summed E-state index contributed by atoms with van der Waals surface area (Å²) in [5.41, 5.74) is 0.828. The van der Waals surface area contributed by atoms with E-state index in [1.807, 2.05) is 62.4 Å². The van der Waals surface area contributed by atoms with Crippen LogP contribution in [0.25, 0.3) is 10.8 Å².